The molecule has 2 atom stereocenters. The lowest BCUT2D eigenvalue weighted by Gasteiger charge is -2.27. The van der Waals surface area contributed by atoms with Crippen LogP contribution in [0.25, 0.3) is 6.08 Å². The molecule has 8 nitrogen and oxygen atoms in total. The zero-order valence-corrected chi connectivity index (χ0v) is 19.5. The highest BCUT2D eigenvalue weighted by Gasteiger charge is 2.38. The second-order valence-corrected chi connectivity index (χ2v) is 10.00. The van der Waals surface area contributed by atoms with Gasteiger partial charge in [-0.05, 0) is 58.4 Å². The van der Waals surface area contributed by atoms with E-state index in [1.807, 2.05) is 12.1 Å². The molecule has 0 bridgehead atoms. The normalized spacial score (nSPS) is 21.4. The molecular formula is C22H22BrN3O5S. The first-order valence-corrected chi connectivity index (χ1v) is 11.7. The lowest BCUT2D eigenvalue weighted by molar-refractivity contribution is -0.132. The van der Waals surface area contributed by atoms with Gasteiger partial charge in [-0.2, -0.15) is 0 Å². The number of nitrogens with one attached hydrogen (secondary N) is 1. The summed E-state index contributed by atoms with van der Waals surface area (Å²) in [5, 5.41) is 12.9. The summed E-state index contributed by atoms with van der Waals surface area (Å²) in [6, 6.07) is 9.95. The largest absolute Gasteiger partial charge is 0.391 e. The Kier molecular flexibility index (Phi) is 7.04. The monoisotopic (exact) mass is 519 g/mol. The van der Waals surface area contributed by atoms with Gasteiger partial charge >= 0.3 is 0 Å². The van der Waals surface area contributed by atoms with E-state index in [1.54, 1.807) is 35.2 Å². The Balaban J connectivity index is 1.40. The molecular weight excluding hydrogens is 498 g/mol. The molecule has 2 N–H and O–H groups in total. The number of benzene rings is 1. The van der Waals surface area contributed by atoms with Gasteiger partial charge in [-0.3, -0.25) is 14.4 Å². The van der Waals surface area contributed by atoms with E-state index in [0.29, 0.717) is 18.8 Å². The predicted octanol–water partition coefficient (Wildman–Crippen LogP) is 2.49. The van der Waals surface area contributed by atoms with Crippen LogP contribution in [0.3, 0.4) is 0 Å². The maximum absolute atomic E-state index is 12.9. The molecule has 2 saturated heterocycles. The van der Waals surface area contributed by atoms with E-state index in [2.05, 4.69) is 21.2 Å². The number of anilines is 2. The van der Waals surface area contributed by atoms with Gasteiger partial charge in [0.2, 0.25) is 11.8 Å². The highest BCUT2D eigenvalue weighted by atomic mass is 79.9. The Morgan fingerprint density at radius 3 is 2.69 bits per heavy atom. The van der Waals surface area contributed by atoms with Crippen LogP contribution in [0.5, 0.6) is 0 Å². The molecule has 32 heavy (non-hydrogen) atoms. The van der Waals surface area contributed by atoms with Crippen molar-refractivity contribution in [1.29, 1.82) is 0 Å². The van der Waals surface area contributed by atoms with Gasteiger partial charge in [0.15, 0.2) is 0 Å². The first kappa shape index (κ1) is 22.7. The fraction of sp³-hybridized carbons (Fsp3) is 0.318. The molecule has 0 aliphatic carbocycles. The number of likely N-dealkylation sites (tertiary alicyclic amines) is 1. The van der Waals surface area contributed by atoms with Crippen LogP contribution in [0.4, 0.5) is 11.4 Å². The summed E-state index contributed by atoms with van der Waals surface area (Å²) in [7, 11) is 0. The van der Waals surface area contributed by atoms with E-state index in [0.717, 1.165) is 14.4 Å². The summed E-state index contributed by atoms with van der Waals surface area (Å²) in [6.07, 6.45) is 2.54. The quantitative estimate of drug-likeness (QED) is 0.591. The minimum absolute atomic E-state index is 0.0601. The molecule has 0 unspecified atom stereocenters. The van der Waals surface area contributed by atoms with E-state index >= 15 is 0 Å². The second-order valence-electron chi connectivity index (χ2n) is 7.51. The number of aliphatic hydroxyl groups is 1. The number of amides is 3. The molecule has 2 aliphatic rings. The van der Waals surface area contributed by atoms with Crippen molar-refractivity contribution in [3.05, 3.63) is 51.1 Å². The maximum Gasteiger partial charge on any atom is 0.253 e. The van der Waals surface area contributed by atoms with Crippen LogP contribution >= 0.6 is 27.3 Å². The van der Waals surface area contributed by atoms with Crippen LogP contribution in [-0.2, 0) is 19.1 Å². The first-order chi connectivity index (χ1) is 15.4. The number of hydrogen-bond acceptors (Lipinski definition) is 6. The smallest absolute Gasteiger partial charge is 0.253 e. The van der Waals surface area contributed by atoms with Crippen molar-refractivity contribution >= 4 is 62.4 Å². The van der Waals surface area contributed by atoms with Crippen molar-refractivity contribution in [1.82, 2.24) is 4.90 Å². The van der Waals surface area contributed by atoms with E-state index in [1.165, 1.54) is 22.3 Å². The summed E-state index contributed by atoms with van der Waals surface area (Å²) in [6.45, 7) is 1.13. The van der Waals surface area contributed by atoms with Crippen LogP contribution in [0.15, 0.2) is 46.3 Å². The number of halogens is 1. The molecule has 2 fully saturated rings. The Morgan fingerprint density at radius 2 is 2.00 bits per heavy atom. The zero-order valence-electron chi connectivity index (χ0n) is 17.1. The molecule has 2 aliphatic heterocycles. The Bertz CT molecular complexity index is 1040. The highest BCUT2D eigenvalue weighted by Crippen LogP contribution is 2.25. The van der Waals surface area contributed by atoms with Crippen molar-refractivity contribution in [2.75, 3.05) is 36.5 Å². The zero-order chi connectivity index (χ0) is 22.7. The van der Waals surface area contributed by atoms with Gasteiger partial charge in [0.05, 0.1) is 16.5 Å². The fourth-order valence-electron chi connectivity index (χ4n) is 3.71. The molecule has 4 rings (SSSR count). The number of carbonyl (C=O) groups is 3. The Labute approximate surface area is 197 Å². The van der Waals surface area contributed by atoms with E-state index in [4.69, 9.17) is 4.74 Å². The summed E-state index contributed by atoms with van der Waals surface area (Å²) in [5.41, 5.74) is 1.28. The number of nitrogens with zero attached hydrogens (tertiary/aromatic N) is 2. The maximum atomic E-state index is 12.9. The molecule has 10 heteroatoms. The minimum atomic E-state index is -0.766. The number of hydrogen-bond donors (Lipinski definition) is 2. The van der Waals surface area contributed by atoms with E-state index in [-0.39, 0.29) is 37.3 Å². The molecule has 0 spiro atoms. The van der Waals surface area contributed by atoms with Gasteiger partial charge in [-0.25, -0.2) is 0 Å². The lowest BCUT2D eigenvalue weighted by atomic mass is 10.1. The number of morpholine rings is 1. The van der Waals surface area contributed by atoms with Crippen LogP contribution < -0.4 is 10.2 Å². The average Bonchev–Trinajstić information content (AvgIpc) is 3.38. The molecule has 1 aromatic heterocycles. The summed E-state index contributed by atoms with van der Waals surface area (Å²) >= 11 is 4.87. The third-order valence-electron chi connectivity index (χ3n) is 5.28. The number of β-amino-alcohol motifs (C(OH)–C–C–N with tert-alkyl or cyclic N) is 1. The molecule has 3 amide bonds. The van der Waals surface area contributed by atoms with Crippen molar-refractivity contribution in [3.63, 3.8) is 0 Å². The second kappa shape index (κ2) is 9.95. The molecule has 0 saturated carbocycles. The molecule has 168 valence electrons. The number of ether oxygens (including phenoxy) is 1. The predicted molar refractivity (Wildman–Crippen MR) is 125 cm³/mol. The lowest BCUT2D eigenvalue weighted by Crippen LogP contribution is -2.42. The van der Waals surface area contributed by atoms with Gasteiger partial charge < -0.3 is 25.0 Å². The first-order valence-electron chi connectivity index (χ1n) is 10.1. The van der Waals surface area contributed by atoms with Gasteiger partial charge in [0.25, 0.3) is 5.91 Å². The average molecular weight is 520 g/mol. The number of carbonyl (C=O) groups excluding carboxylic acids is 3. The Hall–Kier alpha value is -2.53. The molecule has 2 aromatic rings. The minimum Gasteiger partial charge on any atom is -0.391 e. The highest BCUT2D eigenvalue weighted by molar-refractivity contribution is 9.11. The van der Waals surface area contributed by atoms with Crippen molar-refractivity contribution in [3.8, 4) is 0 Å². The van der Waals surface area contributed by atoms with Crippen molar-refractivity contribution in [2.45, 2.75) is 18.6 Å². The molecule has 3 heterocycles. The number of aliphatic hydroxyl groups excluding tert-OH is 1. The standard InChI is InChI=1S/C22H22BrN3O5S/c23-19-7-5-17(32-19)6-8-20(28)26-12-16(27)11-18(26)22(30)24-14-1-3-15(4-2-14)25-9-10-31-13-21(25)29/h1-8,16,18,27H,9-13H2,(H,24,30)/b8-6+/t16-,18-/m1/s1. The fourth-order valence-corrected chi connectivity index (χ4v) is 5.04. The van der Waals surface area contributed by atoms with Crippen LogP contribution in [-0.4, -0.2) is 66.2 Å². The Morgan fingerprint density at radius 1 is 1.22 bits per heavy atom. The van der Waals surface area contributed by atoms with E-state index in [9.17, 15) is 19.5 Å². The third kappa shape index (κ3) is 5.26. The van der Waals surface area contributed by atoms with Crippen molar-refractivity contribution in [2.24, 2.45) is 0 Å². The van der Waals surface area contributed by atoms with Gasteiger partial charge in [0, 0.05) is 41.8 Å². The molecule has 0 radical (unpaired) electrons. The topological polar surface area (TPSA) is 99.2 Å². The van der Waals surface area contributed by atoms with Gasteiger partial charge in [0.1, 0.15) is 12.6 Å². The third-order valence-corrected chi connectivity index (χ3v) is 6.87. The SMILES string of the molecule is O=C(Nc1ccc(N2CCOCC2=O)cc1)[C@H]1C[C@@H](O)CN1C(=O)/C=C/c1ccc(Br)s1. The van der Waals surface area contributed by atoms with Crippen molar-refractivity contribution < 1.29 is 24.2 Å². The van der Waals surface area contributed by atoms with Crippen LogP contribution in [0, 0.1) is 0 Å². The van der Waals surface area contributed by atoms with Gasteiger partial charge in [-0.15, -0.1) is 11.3 Å². The van der Waals surface area contributed by atoms with Gasteiger partial charge in [-0.1, -0.05) is 0 Å². The summed E-state index contributed by atoms with van der Waals surface area (Å²) in [4.78, 5) is 41.5. The van der Waals surface area contributed by atoms with E-state index < -0.39 is 12.1 Å². The summed E-state index contributed by atoms with van der Waals surface area (Å²) < 4.78 is 6.10. The molecule has 1 aromatic carbocycles. The number of thiophene rings is 1. The van der Waals surface area contributed by atoms with Crippen LogP contribution in [0.2, 0.25) is 0 Å². The van der Waals surface area contributed by atoms with Crippen LogP contribution in [0.1, 0.15) is 11.3 Å². The number of rotatable bonds is 5. The summed E-state index contributed by atoms with van der Waals surface area (Å²) in [5.74, 6) is -0.796.